The lowest BCUT2D eigenvalue weighted by Crippen LogP contribution is -2.13. The number of esters is 1. The van der Waals surface area contributed by atoms with Gasteiger partial charge in [-0.05, 0) is 12.1 Å². The molecule has 106 valence electrons. The highest BCUT2D eigenvalue weighted by atomic mass is 16.6. The van der Waals surface area contributed by atoms with Gasteiger partial charge in [0.2, 0.25) is 0 Å². The summed E-state index contributed by atoms with van der Waals surface area (Å²) >= 11 is 0. The van der Waals surface area contributed by atoms with Gasteiger partial charge in [0.05, 0.1) is 32.5 Å². The fourth-order valence-electron chi connectivity index (χ4n) is 1.38. The van der Waals surface area contributed by atoms with Crippen LogP contribution in [-0.4, -0.2) is 46.6 Å². The Morgan fingerprint density at radius 2 is 1.84 bits per heavy atom. The van der Waals surface area contributed by atoms with Crippen molar-refractivity contribution in [3.8, 4) is 5.75 Å². The van der Waals surface area contributed by atoms with Crippen LogP contribution in [-0.2, 0) is 14.2 Å². The van der Waals surface area contributed by atoms with Crippen molar-refractivity contribution in [2.75, 3.05) is 46.4 Å². The predicted molar refractivity (Wildman–Crippen MR) is 70.4 cm³/mol. The third-order valence-electron chi connectivity index (χ3n) is 2.29. The Kier molecular flexibility index (Phi) is 6.70. The quantitative estimate of drug-likeness (QED) is 0.432. The number of anilines is 1. The summed E-state index contributed by atoms with van der Waals surface area (Å²) < 4.78 is 20.1. The number of carbonyl (C=O) groups excluding carboxylic acids is 1. The molecule has 0 radical (unpaired) electrons. The van der Waals surface area contributed by atoms with Crippen LogP contribution in [0.4, 0.5) is 5.69 Å². The molecule has 19 heavy (non-hydrogen) atoms. The molecule has 0 spiro atoms. The van der Waals surface area contributed by atoms with Crippen molar-refractivity contribution >= 4 is 11.7 Å². The van der Waals surface area contributed by atoms with Crippen molar-refractivity contribution in [3.05, 3.63) is 23.8 Å². The minimum atomic E-state index is -0.457. The molecule has 0 heterocycles. The number of nitrogens with two attached hydrogens (primary N) is 1. The third-order valence-corrected chi connectivity index (χ3v) is 2.29. The van der Waals surface area contributed by atoms with E-state index in [1.165, 1.54) is 13.2 Å². The first-order valence-electron chi connectivity index (χ1n) is 5.85. The first-order chi connectivity index (χ1) is 9.17. The summed E-state index contributed by atoms with van der Waals surface area (Å²) in [7, 11) is 3.10. The molecule has 2 N–H and O–H groups in total. The summed E-state index contributed by atoms with van der Waals surface area (Å²) in [6.45, 7) is 1.49. The molecule has 1 rings (SSSR count). The lowest BCUT2D eigenvalue weighted by Gasteiger charge is -2.08. The van der Waals surface area contributed by atoms with Crippen LogP contribution in [0.2, 0.25) is 0 Å². The van der Waals surface area contributed by atoms with Gasteiger partial charge in [0.25, 0.3) is 0 Å². The van der Waals surface area contributed by atoms with Crippen LogP contribution in [0.3, 0.4) is 0 Å². The van der Waals surface area contributed by atoms with Crippen molar-refractivity contribution in [2.24, 2.45) is 0 Å². The van der Waals surface area contributed by atoms with E-state index in [1.807, 2.05) is 0 Å². The fraction of sp³-hybridized carbons (Fsp3) is 0.462. The SMILES string of the molecule is COCCOCCOC(=O)c1cc(N)cc(OC)c1. The Hall–Kier alpha value is -1.79. The molecule has 0 atom stereocenters. The van der Waals surface area contributed by atoms with Gasteiger partial charge in [-0.3, -0.25) is 0 Å². The Morgan fingerprint density at radius 3 is 2.53 bits per heavy atom. The first-order valence-corrected chi connectivity index (χ1v) is 5.85. The van der Waals surface area contributed by atoms with Crippen molar-refractivity contribution < 1.29 is 23.7 Å². The molecule has 1 aromatic carbocycles. The van der Waals surface area contributed by atoms with Gasteiger partial charge in [0.15, 0.2) is 0 Å². The minimum absolute atomic E-state index is 0.180. The van der Waals surface area contributed by atoms with Crippen LogP contribution in [0.5, 0.6) is 5.75 Å². The second-order valence-electron chi connectivity index (χ2n) is 3.74. The van der Waals surface area contributed by atoms with E-state index >= 15 is 0 Å². The summed E-state index contributed by atoms with van der Waals surface area (Å²) in [5.74, 6) is 0.0595. The average molecular weight is 269 g/mol. The average Bonchev–Trinajstić information content (AvgIpc) is 2.41. The van der Waals surface area contributed by atoms with Gasteiger partial charge in [-0.25, -0.2) is 4.79 Å². The van der Waals surface area contributed by atoms with Gasteiger partial charge in [-0.2, -0.15) is 0 Å². The maximum absolute atomic E-state index is 11.7. The molecule has 0 saturated carbocycles. The number of hydrogen-bond acceptors (Lipinski definition) is 6. The number of nitrogen functional groups attached to an aromatic ring is 1. The zero-order valence-corrected chi connectivity index (χ0v) is 11.2. The highest BCUT2D eigenvalue weighted by Gasteiger charge is 2.09. The van der Waals surface area contributed by atoms with Crippen LogP contribution < -0.4 is 10.5 Å². The van der Waals surface area contributed by atoms with Crippen molar-refractivity contribution in [2.45, 2.75) is 0 Å². The van der Waals surface area contributed by atoms with E-state index in [1.54, 1.807) is 19.2 Å². The van der Waals surface area contributed by atoms with E-state index < -0.39 is 5.97 Å². The Morgan fingerprint density at radius 1 is 1.11 bits per heavy atom. The van der Waals surface area contributed by atoms with Gasteiger partial charge in [0.1, 0.15) is 12.4 Å². The standard InChI is InChI=1S/C13H19NO5/c1-16-3-4-18-5-6-19-13(15)10-7-11(14)9-12(8-10)17-2/h7-9H,3-6,14H2,1-2H3. The molecule has 0 aliphatic carbocycles. The van der Waals surface area contributed by atoms with Gasteiger partial charge in [-0.1, -0.05) is 0 Å². The van der Waals surface area contributed by atoms with E-state index in [4.69, 9.17) is 24.7 Å². The summed E-state index contributed by atoms with van der Waals surface area (Å²) in [6.07, 6.45) is 0. The molecule has 0 saturated heterocycles. The predicted octanol–water partition coefficient (Wildman–Crippen LogP) is 1.10. The van der Waals surface area contributed by atoms with E-state index in [0.717, 1.165) is 0 Å². The number of rotatable bonds is 8. The van der Waals surface area contributed by atoms with Gasteiger partial charge < -0.3 is 24.7 Å². The van der Waals surface area contributed by atoms with E-state index in [0.29, 0.717) is 36.8 Å². The maximum Gasteiger partial charge on any atom is 0.338 e. The number of hydrogen-bond donors (Lipinski definition) is 1. The van der Waals surface area contributed by atoms with Crippen molar-refractivity contribution in [1.82, 2.24) is 0 Å². The largest absolute Gasteiger partial charge is 0.497 e. The Bertz CT molecular complexity index is 408. The fourth-order valence-corrected chi connectivity index (χ4v) is 1.38. The number of methoxy groups -OCH3 is 2. The second-order valence-corrected chi connectivity index (χ2v) is 3.74. The summed E-state index contributed by atoms with van der Waals surface area (Å²) in [4.78, 5) is 11.7. The topological polar surface area (TPSA) is 80.0 Å². The molecule has 0 bridgehead atoms. The van der Waals surface area contributed by atoms with E-state index in [9.17, 15) is 4.79 Å². The second kappa shape index (κ2) is 8.34. The van der Waals surface area contributed by atoms with Gasteiger partial charge >= 0.3 is 5.97 Å². The number of ether oxygens (including phenoxy) is 4. The molecular formula is C13H19NO5. The molecule has 0 aromatic heterocycles. The lowest BCUT2D eigenvalue weighted by molar-refractivity contribution is 0.0213. The van der Waals surface area contributed by atoms with Crippen LogP contribution in [0.15, 0.2) is 18.2 Å². The molecule has 6 heteroatoms. The first kappa shape index (κ1) is 15.3. The van der Waals surface area contributed by atoms with Gasteiger partial charge in [-0.15, -0.1) is 0 Å². The molecular weight excluding hydrogens is 250 g/mol. The molecule has 0 unspecified atom stereocenters. The molecule has 0 amide bonds. The Labute approximate surface area is 112 Å². The smallest absolute Gasteiger partial charge is 0.338 e. The molecule has 1 aromatic rings. The third kappa shape index (κ3) is 5.58. The van der Waals surface area contributed by atoms with E-state index in [-0.39, 0.29) is 6.61 Å². The van der Waals surface area contributed by atoms with Crippen LogP contribution in [0, 0.1) is 0 Å². The summed E-state index contributed by atoms with van der Waals surface area (Å²) in [6, 6.07) is 4.74. The van der Waals surface area contributed by atoms with E-state index in [2.05, 4.69) is 0 Å². The lowest BCUT2D eigenvalue weighted by atomic mass is 10.2. The number of carbonyl (C=O) groups is 1. The molecule has 0 aliphatic rings. The maximum atomic E-state index is 11.7. The highest BCUT2D eigenvalue weighted by molar-refractivity contribution is 5.91. The Balaban J connectivity index is 2.39. The minimum Gasteiger partial charge on any atom is -0.497 e. The van der Waals surface area contributed by atoms with Crippen LogP contribution in [0.1, 0.15) is 10.4 Å². The monoisotopic (exact) mass is 269 g/mol. The molecule has 6 nitrogen and oxygen atoms in total. The summed E-state index contributed by atoms with van der Waals surface area (Å²) in [5, 5.41) is 0. The van der Waals surface area contributed by atoms with Crippen LogP contribution >= 0.6 is 0 Å². The molecule has 0 fully saturated rings. The molecule has 0 aliphatic heterocycles. The van der Waals surface area contributed by atoms with Crippen molar-refractivity contribution in [1.29, 1.82) is 0 Å². The number of benzene rings is 1. The zero-order valence-electron chi connectivity index (χ0n) is 11.2. The normalized spacial score (nSPS) is 10.2. The highest BCUT2D eigenvalue weighted by Crippen LogP contribution is 2.18. The summed E-state index contributed by atoms with van der Waals surface area (Å²) in [5.41, 5.74) is 6.46. The zero-order chi connectivity index (χ0) is 14.1. The van der Waals surface area contributed by atoms with Gasteiger partial charge in [0, 0.05) is 18.9 Å². The van der Waals surface area contributed by atoms with Crippen LogP contribution in [0.25, 0.3) is 0 Å². The van der Waals surface area contributed by atoms with Crippen molar-refractivity contribution in [3.63, 3.8) is 0 Å².